The summed E-state index contributed by atoms with van der Waals surface area (Å²) in [7, 11) is 0. The van der Waals surface area contributed by atoms with E-state index in [1.165, 1.54) is 0 Å². The molecule has 0 aliphatic heterocycles. The first-order valence-electron chi connectivity index (χ1n) is 8.31. The Morgan fingerprint density at radius 2 is 1.88 bits per heavy atom. The maximum absolute atomic E-state index is 11.7. The van der Waals surface area contributed by atoms with Crippen molar-refractivity contribution in [2.24, 2.45) is 16.6 Å². The zero-order chi connectivity index (χ0) is 17.4. The van der Waals surface area contributed by atoms with E-state index in [1.807, 2.05) is 30.3 Å². The van der Waals surface area contributed by atoms with E-state index in [0.29, 0.717) is 25.0 Å². The molecule has 0 atom stereocenters. The SMILES string of the molecule is CC(C)CCNC(N)=NCc1ccc(Cn2ccccc2=O)cc1. The molecule has 1 aromatic carbocycles. The van der Waals surface area contributed by atoms with Gasteiger partial charge in [-0.05, 0) is 29.5 Å². The van der Waals surface area contributed by atoms with Gasteiger partial charge in [0.15, 0.2) is 5.96 Å². The minimum absolute atomic E-state index is 0.00595. The van der Waals surface area contributed by atoms with Crippen LogP contribution >= 0.6 is 0 Å². The van der Waals surface area contributed by atoms with E-state index < -0.39 is 0 Å². The van der Waals surface area contributed by atoms with Crippen LogP contribution in [-0.4, -0.2) is 17.1 Å². The van der Waals surface area contributed by atoms with Crippen LogP contribution < -0.4 is 16.6 Å². The number of nitrogens with two attached hydrogens (primary N) is 1. The Morgan fingerprint density at radius 1 is 1.17 bits per heavy atom. The minimum Gasteiger partial charge on any atom is -0.370 e. The predicted molar refractivity (Wildman–Crippen MR) is 99.0 cm³/mol. The molecule has 2 aromatic rings. The predicted octanol–water partition coefficient (Wildman–Crippen LogP) is 2.35. The van der Waals surface area contributed by atoms with Crippen molar-refractivity contribution in [3.05, 3.63) is 70.1 Å². The normalized spacial score (nSPS) is 11.7. The third kappa shape index (κ3) is 5.91. The van der Waals surface area contributed by atoms with Crippen LogP contribution in [-0.2, 0) is 13.1 Å². The Balaban J connectivity index is 1.88. The third-order valence-corrected chi connectivity index (χ3v) is 3.73. The molecular weight excluding hydrogens is 300 g/mol. The third-order valence-electron chi connectivity index (χ3n) is 3.73. The zero-order valence-electron chi connectivity index (χ0n) is 14.4. The highest BCUT2D eigenvalue weighted by molar-refractivity contribution is 5.77. The molecule has 5 nitrogen and oxygen atoms in total. The van der Waals surface area contributed by atoms with E-state index in [1.54, 1.807) is 22.9 Å². The smallest absolute Gasteiger partial charge is 0.250 e. The van der Waals surface area contributed by atoms with Gasteiger partial charge in [0, 0.05) is 18.8 Å². The van der Waals surface area contributed by atoms with Gasteiger partial charge < -0.3 is 15.6 Å². The van der Waals surface area contributed by atoms with E-state index in [2.05, 4.69) is 24.2 Å². The molecule has 0 bridgehead atoms. The van der Waals surface area contributed by atoms with Crippen LogP contribution in [0, 0.1) is 5.92 Å². The molecule has 0 radical (unpaired) electrons. The first-order chi connectivity index (χ1) is 11.5. The summed E-state index contributed by atoms with van der Waals surface area (Å²) in [6, 6.07) is 13.3. The van der Waals surface area contributed by atoms with Crippen LogP contribution in [0.1, 0.15) is 31.4 Å². The number of hydrogen-bond acceptors (Lipinski definition) is 2. The highest BCUT2D eigenvalue weighted by Gasteiger charge is 1.99. The van der Waals surface area contributed by atoms with Crippen molar-refractivity contribution in [2.45, 2.75) is 33.4 Å². The van der Waals surface area contributed by atoms with Gasteiger partial charge in [0.1, 0.15) is 0 Å². The van der Waals surface area contributed by atoms with Gasteiger partial charge in [-0.1, -0.05) is 44.2 Å². The average Bonchev–Trinajstić information content (AvgIpc) is 2.56. The monoisotopic (exact) mass is 326 g/mol. The van der Waals surface area contributed by atoms with E-state index in [4.69, 9.17) is 5.73 Å². The Kier molecular flexibility index (Phi) is 6.61. The molecule has 0 saturated heterocycles. The second kappa shape index (κ2) is 8.91. The van der Waals surface area contributed by atoms with Crippen LogP contribution in [0.15, 0.2) is 58.4 Å². The Bertz CT molecular complexity index is 717. The summed E-state index contributed by atoms with van der Waals surface area (Å²) < 4.78 is 1.68. The number of nitrogens with one attached hydrogen (secondary N) is 1. The Labute approximate surface area is 143 Å². The molecule has 1 heterocycles. The molecule has 0 saturated carbocycles. The van der Waals surface area contributed by atoms with E-state index in [9.17, 15) is 4.79 Å². The largest absolute Gasteiger partial charge is 0.370 e. The molecule has 0 aliphatic rings. The molecule has 0 fully saturated rings. The molecule has 0 aliphatic carbocycles. The molecule has 5 heteroatoms. The lowest BCUT2D eigenvalue weighted by Crippen LogP contribution is -2.32. The number of guanidine groups is 1. The molecule has 24 heavy (non-hydrogen) atoms. The number of benzene rings is 1. The summed E-state index contributed by atoms with van der Waals surface area (Å²) in [5, 5.41) is 3.12. The van der Waals surface area contributed by atoms with Crippen LogP contribution in [0.2, 0.25) is 0 Å². The molecule has 2 rings (SSSR count). The molecule has 0 amide bonds. The van der Waals surface area contributed by atoms with E-state index in [-0.39, 0.29) is 5.56 Å². The first-order valence-corrected chi connectivity index (χ1v) is 8.31. The number of hydrogen-bond donors (Lipinski definition) is 2. The highest BCUT2D eigenvalue weighted by atomic mass is 16.1. The van der Waals surface area contributed by atoms with Crippen molar-refractivity contribution in [1.29, 1.82) is 0 Å². The quantitative estimate of drug-likeness (QED) is 0.606. The lowest BCUT2D eigenvalue weighted by atomic mass is 10.1. The fourth-order valence-electron chi connectivity index (χ4n) is 2.26. The lowest BCUT2D eigenvalue weighted by Gasteiger charge is -2.08. The summed E-state index contributed by atoms with van der Waals surface area (Å²) in [4.78, 5) is 16.1. The van der Waals surface area contributed by atoms with Gasteiger partial charge in [-0.2, -0.15) is 0 Å². The van der Waals surface area contributed by atoms with Gasteiger partial charge in [-0.3, -0.25) is 4.79 Å². The molecule has 3 N–H and O–H groups in total. The first kappa shape index (κ1) is 17.8. The lowest BCUT2D eigenvalue weighted by molar-refractivity contribution is 0.576. The number of rotatable bonds is 7. The summed E-state index contributed by atoms with van der Waals surface area (Å²) in [6.45, 7) is 6.33. The van der Waals surface area contributed by atoms with Crippen molar-refractivity contribution in [3.63, 3.8) is 0 Å². The van der Waals surface area contributed by atoms with Crippen LogP contribution in [0.5, 0.6) is 0 Å². The molecule has 1 aromatic heterocycles. The van der Waals surface area contributed by atoms with Gasteiger partial charge in [0.25, 0.3) is 5.56 Å². The molecule has 0 spiro atoms. The van der Waals surface area contributed by atoms with E-state index >= 15 is 0 Å². The minimum atomic E-state index is 0.00595. The van der Waals surface area contributed by atoms with Crippen molar-refractivity contribution in [2.75, 3.05) is 6.54 Å². The second-order valence-electron chi connectivity index (χ2n) is 6.29. The summed E-state index contributed by atoms with van der Waals surface area (Å²) in [6.07, 6.45) is 2.87. The van der Waals surface area contributed by atoms with Crippen LogP contribution in [0.25, 0.3) is 0 Å². The number of aromatic nitrogens is 1. The van der Waals surface area contributed by atoms with Gasteiger partial charge >= 0.3 is 0 Å². The Hall–Kier alpha value is -2.56. The van der Waals surface area contributed by atoms with Crippen LogP contribution in [0.3, 0.4) is 0 Å². The molecule has 0 unspecified atom stereocenters. The van der Waals surface area contributed by atoms with Crippen LogP contribution in [0.4, 0.5) is 0 Å². The highest BCUT2D eigenvalue weighted by Crippen LogP contribution is 2.07. The number of nitrogens with zero attached hydrogens (tertiary/aromatic N) is 2. The summed E-state index contributed by atoms with van der Waals surface area (Å²) in [5.74, 6) is 1.13. The second-order valence-corrected chi connectivity index (χ2v) is 6.29. The Morgan fingerprint density at radius 3 is 2.54 bits per heavy atom. The van der Waals surface area contributed by atoms with E-state index in [0.717, 1.165) is 24.1 Å². The fourth-order valence-corrected chi connectivity index (χ4v) is 2.26. The fraction of sp³-hybridized carbons (Fsp3) is 0.368. The topological polar surface area (TPSA) is 72.4 Å². The van der Waals surface area contributed by atoms with Crippen molar-refractivity contribution < 1.29 is 0 Å². The standard InChI is InChI=1S/C19H26N4O/c1-15(2)10-11-21-19(20)22-13-16-6-8-17(9-7-16)14-23-12-4-3-5-18(23)24/h3-9,12,15H,10-11,13-14H2,1-2H3,(H3,20,21,22). The number of aliphatic imine (C=N–C) groups is 1. The summed E-state index contributed by atoms with van der Waals surface area (Å²) >= 11 is 0. The van der Waals surface area contributed by atoms with Crippen molar-refractivity contribution >= 4 is 5.96 Å². The summed E-state index contributed by atoms with van der Waals surface area (Å²) in [5.41, 5.74) is 8.04. The van der Waals surface area contributed by atoms with Gasteiger partial charge in [-0.15, -0.1) is 0 Å². The maximum atomic E-state index is 11.7. The van der Waals surface area contributed by atoms with Crippen molar-refractivity contribution in [1.82, 2.24) is 9.88 Å². The van der Waals surface area contributed by atoms with Gasteiger partial charge in [-0.25, -0.2) is 4.99 Å². The average molecular weight is 326 g/mol. The zero-order valence-corrected chi connectivity index (χ0v) is 14.4. The van der Waals surface area contributed by atoms with Gasteiger partial charge in [0.05, 0.1) is 13.1 Å². The van der Waals surface area contributed by atoms with Crippen molar-refractivity contribution in [3.8, 4) is 0 Å². The maximum Gasteiger partial charge on any atom is 0.250 e. The molecular formula is C19H26N4O. The number of pyridine rings is 1. The van der Waals surface area contributed by atoms with Gasteiger partial charge in [0.2, 0.25) is 0 Å². The molecule has 128 valence electrons.